The zero-order chi connectivity index (χ0) is 15.2. The highest BCUT2D eigenvalue weighted by Gasteiger charge is 2.12. The summed E-state index contributed by atoms with van der Waals surface area (Å²) in [6, 6.07) is 14.6. The van der Waals surface area contributed by atoms with Crippen LogP contribution in [0.4, 0.5) is 0 Å². The molecule has 1 atom stereocenters. The third-order valence-corrected chi connectivity index (χ3v) is 3.85. The number of hydrogen-bond acceptors (Lipinski definition) is 2. The van der Waals surface area contributed by atoms with Gasteiger partial charge in [0.05, 0.1) is 0 Å². The van der Waals surface area contributed by atoms with Crippen molar-refractivity contribution < 1.29 is 4.74 Å². The molecule has 0 aliphatic carbocycles. The Morgan fingerprint density at radius 2 is 2.00 bits per heavy atom. The molecule has 0 heterocycles. The second-order valence-electron chi connectivity index (χ2n) is 5.28. The summed E-state index contributed by atoms with van der Waals surface area (Å²) in [7, 11) is 0. The third-order valence-electron chi connectivity index (χ3n) is 3.36. The first kappa shape index (κ1) is 16.1. The molecule has 0 aliphatic heterocycles. The van der Waals surface area contributed by atoms with E-state index in [1.54, 1.807) is 0 Å². The van der Waals surface area contributed by atoms with Crippen LogP contribution in [0.25, 0.3) is 0 Å². The smallest absolute Gasteiger partial charge is 0.133 e. The molecule has 1 N–H and O–H groups in total. The third kappa shape index (κ3) is 4.58. The van der Waals surface area contributed by atoms with E-state index in [2.05, 4.69) is 66.3 Å². The summed E-state index contributed by atoms with van der Waals surface area (Å²) in [5.74, 6) is 1.77. The van der Waals surface area contributed by atoms with Crippen LogP contribution in [-0.2, 0) is 0 Å². The molecular weight excluding hydrogens is 326 g/mol. The monoisotopic (exact) mass is 347 g/mol. The van der Waals surface area contributed by atoms with Crippen LogP contribution in [0, 0.1) is 6.92 Å². The number of benzene rings is 2. The number of ether oxygens (including phenoxy) is 1. The van der Waals surface area contributed by atoms with Gasteiger partial charge >= 0.3 is 0 Å². The largest absolute Gasteiger partial charge is 0.457 e. The summed E-state index contributed by atoms with van der Waals surface area (Å²) in [6.45, 7) is 7.41. The van der Waals surface area contributed by atoms with Crippen LogP contribution in [0.5, 0.6) is 11.5 Å². The first-order valence-electron chi connectivity index (χ1n) is 7.37. The lowest BCUT2D eigenvalue weighted by molar-refractivity contribution is 0.460. The fourth-order valence-electron chi connectivity index (χ4n) is 2.23. The predicted octanol–water partition coefficient (Wildman–Crippen LogP) is 5.61. The van der Waals surface area contributed by atoms with Gasteiger partial charge in [-0.1, -0.05) is 41.1 Å². The Morgan fingerprint density at radius 3 is 2.71 bits per heavy atom. The van der Waals surface area contributed by atoms with E-state index in [0.29, 0.717) is 0 Å². The summed E-state index contributed by atoms with van der Waals surface area (Å²) in [4.78, 5) is 0. The zero-order valence-corrected chi connectivity index (χ0v) is 14.4. The van der Waals surface area contributed by atoms with Gasteiger partial charge in [0.25, 0.3) is 0 Å². The Balaban J connectivity index is 2.26. The van der Waals surface area contributed by atoms with Crippen molar-refractivity contribution in [3.05, 3.63) is 58.1 Å². The molecule has 0 aromatic heterocycles. The molecule has 112 valence electrons. The first-order chi connectivity index (χ1) is 10.1. The quantitative estimate of drug-likeness (QED) is 0.733. The van der Waals surface area contributed by atoms with Crippen molar-refractivity contribution in [1.82, 2.24) is 5.32 Å². The number of nitrogens with one attached hydrogen (secondary N) is 1. The Bertz CT molecular complexity index is 598. The highest BCUT2D eigenvalue weighted by atomic mass is 79.9. The molecule has 2 aromatic rings. The van der Waals surface area contributed by atoms with E-state index in [9.17, 15) is 0 Å². The molecule has 3 heteroatoms. The molecule has 0 aliphatic rings. The molecule has 0 spiro atoms. The van der Waals surface area contributed by atoms with Gasteiger partial charge in [-0.2, -0.15) is 0 Å². The van der Waals surface area contributed by atoms with Crippen molar-refractivity contribution in [2.45, 2.75) is 33.2 Å². The van der Waals surface area contributed by atoms with Crippen LogP contribution in [-0.4, -0.2) is 6.54 Å². The van der Waals surface area contributed by atoms with Crippen LogP contribution in [0.3, 0.4) is 0 Å². The summed E-state index contributed by atoms with van der Waals surface area (Å²) in [5, 5.41) is 3.51. The molecule has 2 rings (SSSR count). The fourth-order valence-corrected chi connectivity index (χ4v) is 2.57. The Labute approximate surface area is 135 Å². The molecule has 0 saturated carbocycles. The minimum atomic E-state index is 0.262. The van der Waals surface area contributed by atoms with Crippen LogP contribution < -0.4 is 10.1 Å². The normalized spacial score (nSPS) is 12.2. The molecular formula is C18H22BrNO. The van der Waals surface area contributed by atoms with Gasteiger partial charge in [-0.05, 0) is 56.6 Å². The van der Waals surface area contributed by atoms with E-state index in [-0.39, 0.29) is 6.04 Å². The molecule has 0 fully saturated rings. The number of halogens is 1. The molecule has 0 radical (unpaired) electrons. The molecule has 2 nitrogen and oxygen atoms in total. The van der Waals surface area contributed by atoms with Crippen molar-refractivity contribution in [3.63, 3.8) is 0 Å². The highest BCUT2D eigenvalue weighted by Crippen LogP contribution is 2.32. The van der Waals surface area contributed by atoms with Crippen LogP contribution >= 0.6 is 15.9 Å². The summed E-state index contributed by atoms with van der Waals surface area (Å²) in [5.41, 5.74) is 2.37. The summed E-state index contributed by atoms with van der Waals surface area (Å²) < 4.78 is 7.13. The van der Waals surface area contributed by atoms with Crippen LogP contribution in [0.15, 0.2) is 46.9 Å². The summed E-state index contributed by atoms with van der Waals surface area (Å²) >= 11 is 3.53. The lowest BCUT2D eigenvalue weighted by Crippen LogP contribution is -2.19. The van der Waals surface area contributed by atoms with Crippen molar-refractivity contribution >= 4 is 15.9 Å². The van der Waals surface area contributed by atoms with Crippen molar-refractivity contribution in [2.75, 3.05) is 6.54 Å². The predicted molar refractivity (Wildman–Crippen MR) is 92.1 cm³/mol. The molecule has 21 heavy (non-hydrogen) atoms. The van der Waals surface area contributed by atoms with Gasteiger partial charge in [0.1, 0.15) is 11.5 Å². The second kappa shape index (κ2) is 7.62. The van der Waals surface area contributed by atoms with Crippen LogP contribution in [0.2, 0.25) is 0 Å². The standard InChI is InChI=1S/C18H22BrNO/c1-4-10-20-14(3)17-9-8-15(19)12-18(17)21-16-7-5-6-13(2)11-16/h5-9,11-12,14,20H,4,10H2,1-3H3. The number of aryl methyl sites for hydroxylation is 1. The van der Waals surface area contributed by atoms with E-state index < -0.39 is 0 Å². The zero-order valence-electron chi connectivity index (χ0n) is 12.8. The van der Waals surface area contributed by atoms with Gasteiger partial charge in [-0.15, -0.1) is 0 Å². The van der Waals surface area contributed by atoms with E-state index in [1.807, 2.05) is 18.2 Å². The van der Waals surface area contributed by atoms with E-state index in [4.69, 9.17) is 4.74 Å². The maximum absolute atomic E-state index is 6.10. The number of hydrogen-bond donors (Lipinski definition) is 1. The average Bonchev–Trinajstić information content (AvgIpc) is 2.45. The van der Waals surface area contributed by atoms with E-state index in [1.165, 1.54) is 11.1 Å². The van der Waals surface area contributed by atoms with Crippen molar-refractivity contribution in [2.24, 2.45) is 0 Å². The fraction of sp³-hybridized carbons (Fsp3) is 0.333. The second-order valence-corrected chi connectivity index (χ2v) is 6.19. The molecule has 2 aromatic carbocycles. The van der Waals surface area contributed by atoms with Crippen molar-refractivity contribution in [3.8, 4) is 11.5 Å². The number of rotatable bonds is 6. The highest BCUT2D eigenvalue weighted by molar-refractivity contribution is 9.10. The van der Waals surface area contributed by atoms with Gasteiger partial charge in [0, 0.05) is 16.1 Å². The Morgan fingerprint density at radius 1 is 1.19 bits per heavy atom. The molecule has 0 bridgehead atoms. The maximum Gasteiger partial charge on any atom is 0.133 e. The minimum Gasteiger partial charge on any atom is -0.457 e. The average molecular weight is 348 g/mol. The van der Waals surface area contributed by atoms with Gasteiger partial charge in [0.15, 0.2) is 0 Å². The lowest BCUT2D eigenvalue weighted by Gasteiger charge is -2.18. The van der Waals surface area contributed by atoms with Crippen molar-refractivity contribution in [1.29, 1.82) is 0 Å². The Kier molecular flexibility index (Phi) is 5.83. The van der Waals surface area contributed by atoms with E-state index in [0.717, 1.165) is 28.9 Å². The van der Waals surface area contributed by atoms with E-state index >= 15 is 0 Å². The van der Waals surface area contributed by atoms with Gasteiger partial charge < -0.3 is 10.1 Å². The first-order valence-corrected chi connectivity index (χ1v) is 8.16. The lowest BCUT2D eigenvalue weighted by atomic mass is 10.1. The van der Waals surface area contributed by atoms with Gasteiger partial charge in [-0.25, -0.2) is 0 Å². The SMILES string of the molecule is CCCNC(C)c1ccc(Br)cc1Oc1cccc(C)c1. The maximum atomic E-state index is 6.10. The summed E-state index contributed by atoms with van der Waals surface area (Å²) in [6.07, 6.45) is 1.12. The molecule has 0 amide bonds. The minimum absolute atomic E-state index is 0.262. The van der Waals surface area contributed by atoms with Crippen LogP contribution in [0.1, 0.15) is 37.4 Å². The molecule has 0 saturated heterocycles. The van der Waals surface area contributed by atoms with Gasteiger partial charge in [0.2, 0.25) is 0 Å². The Hall–Kier alpha value is -1.32. The van der Waals surface area contributed by atoms with Gasteiger partial charge in [-0.3, -0.25) is 0 Å². The molecule has 1 unspecified atom stereocenters. The topological polar surface area (TPSA) is 21.3 Å².